The van der Waals surface area contributed by atoms with E-state index in [4.69, 9.17) is 5.11 Å². The molecule has 0 aromatic heterocycles. The highest BCUT2D eigenvalue weighted by molar-refractivity contribution is 5.78. The molecule has 1 rings (SSSR count). The highest BCUT2D eigenvalue weighted by Gasteiger charge is 2.22. The van der Waals surface area contributed by atoms with Crippen molar-refractivity contribution < 1.29 is 9.90 Å². The van der Waals surface area contributed by atoms with Gasteiger partial charge in [-0.3, -0.25) is 9.69 Å². The minimum absolute atomic E-state index is 0.0401. The van der Waals surface area contributed by atoms with Gasteiger partial charge in [-0.2, -0.15) is 0 Å². The van der Waals surface area contributed by atoms with E-state index in [0.29, 0.717) is 19.1 Å². The summed E-state index contributed by atoms with van der Waals surface area (Å²) in [6, 6.07) is 0.457. The van der Waals surface area contributed by atoms with Crippen LogP contribution in [-0.2, 0) is 4.79 Å². The Balaban J connectivity index is 2.40. The van der Waals surface area contributed by atoms with Gasteiger partial charge >= 0.3 is 0 Å². The molecule has 0 aromatic rings. The minimum atomic E-state index is -0.159. The third kappa shape index (κ3) is 6.36. The van der Waals surface area contributed by atoms with Crippen molar-refractivity contribution >= 4 is 5.91 Å². The number of nitrogens with one attached hydrogen (secondary N) is 2. The van der Waals surface area contributed by atoms with Crippen LogP contribution in [0.2, 0.25) is 0 Å². The van der Waals surface area contributed by atoms with Crippen molar-refractivity contribution in [3.05, 3.63) is 0 Å². The van der Waals surface area contributed by atoms with E-state index in [1.54, 1.807) is 0 Å². The summed E-state index contributed by atoms with van der Waals surface area (Å²) in [5.41, 5.74) is -0.159. The highest BCUT2D eigenvalue weighted by atomic mass is 16.3. The van der Waals surface area contributed by atoms with Crippen LogP contribution in [0.4, 0.5) is 0 Å². The number of aliphatic hydroxyl groups is 1. The monoisotopic (exact) mass is 271 g/mol. The molecule has 0 radical (unpaired) electrons. The topological polar surface area (TPSA) is 64.6 Å². The lowest BCUT2D eigenvalue weighted by molar-refractivity contribution is -0.124. The molecule has 1 aliphatic rings. The number of carbonyl (C=O) groups is 1. The number of amides is 1. The van der Waals surface area contributed by atoms with Gasteiger partial charge in [0.2, 0.25) is 5.91 Å². The average Bonchev–Trinajstić information content (AvgIpc) is 2.81. The maximum atomic E-state index is 12.0. The number of hydrogen-bond donors (Lipinski definition) is 3. The van der Waals surface area contributed by atoms with Crippen LogP contribution in [0.25, 0.3) is 0 Å². The van der Waals surface area contributed by atoms with Crippen molar-refractivity contribution in [3.8, 4) is 0 Å². The Labute approximate surface area is 116 Å². The van der Waals surface area contributed by atoms with Gasteiger partial charge in [0.05, 0.1) is 13.2 Å². The van der Waals surface area contributed by atoms with E-state index in [0.717, 1.165) is 25.9 Å². The van der Waals surface area contributed by atoms with E-state index in [1.807, 2.05) is 18.7 Å². The molecular formula is C14H29N3O2. The number of hydrogen-bond acceptors (Lipinski definition) is 4. The second-order valence-corrected chi connectivity index (χ2v) is 6.04. The van der Waals surface area contributed by atoms with Crippen molar-refractivity contribution in [2.45, 2.75) is 51.6 Å². The predicted molar refractivity (Wildman–Crippen MR) is 77.1 cm³/mol. The van der Waals surface area contributed by atoms with Crippen LogP contribution in [0.5, 0.6) is 0 Å². The summed E-state index contributed by atoms with van der Waals surface area (Å²) in [6.45, 7) is 9.03. The fraction of sp³-hybridized carbons (Fsp3) is 0.929. The molecule has 5 nitrogen and oxygen atoms in total. The maximum absolute atomic E-state index is 12.0. The summed E-state index contributed by atoms with van der Waals surface area (Å²) >= 11 is 0. The molecule has 19 heavy (non-hydrogen) atoms. The van der Waals surface area contributed by atoms with Crippen LogP contribution < -0.4 is 10.6 Å². The first kappa shape index (κ1) is 16.4. The van der Waals surface area contributed by atoms with Gasteiger partial charge in [-0.15, -0.1) is 0 Å². The van der Waals surface area contributed by atoms with E-state index in [1.165, 1.54) is 6.42 Å². The summed E-state index contributed by atoms with van der Waals surface area (Å²) in [5.74, 6) is 0.0401. The average molecular weight is 271 g/mol. The standard InChI is InChI=1S/C14H29N3O2/c1-4-14(2,3)16-13(19)11-17(8-9-18)10-12-6-5-7-15-12/h12,15,18H,4-11H2,1-3H3,(H,16,19). The van der Waals surface area contributed by atoms with Crippen LogP contribution in [-0.4, -0.2) is 60.3 Å². The molecule has 1 unspecified atom stereocenters. The Hall–Kier alpha value is -0.650. The van der Waals surface area contributed by atoms with Crippen LogP contribution >= 0.6 is 0 Å². The zero-order chi connectivity index (χ0) is 14.3. The molecule has 1 heterocycles. The molecule has 0 aliphatic carbocycles. The fourth-order valence-corrected chi connectivity index (χ4v) is 2.31. The quantitative estimate of drug-likeness (QED) is 0.595. The molecule has 0 saturated carbocycles. The normalized spacial score (nSPS) is 19.9. The number of carbonyl (C=O) groups excluding carboxylic acids is 1. The summed E-state index contributed by atoms with van der Waals surface area (Å²) < 4.78 is 0. The Morgan fingerprint density at radius 2 is 2.26 bits per heavy atom. The molecule has 1 amide bonds. The molecule has 1 saturated heterocycles. The smallest absolute Gasteiger partial charge is 0.234 e. The Morgan fingerprint density at radius 3 is 2.79 bits per heavy atom. The van der Waals surface area contributed by atoms with Crippen LogP contribution in [0.3, 0.4) is 0 Å². The van der Waals surface area contributed by atoms with Gasteiger partial charge in [-0.25, -0.2) is 0 Å². The van der Waals surface area contributed by atoms with Crippen LogP contribution in [0, 0.1) is 0 Å². The van der Waals surface area contributed by atoms with E-state index < -0.39 is 0 Å². The fourth-order valence-electron chi connectivity index (χ4n) is 2.31. The van der Waals surface area contributed by atoms with Gasteiger partial charge < -0.3 is 15.7 Å². The summed E-state index contributed by atoms with van der Waals surface area (Å²) in [4.78, 5) is 14.1. The highest BCUT2D eigenvalue weighted by Crippen LogP contribution is 2.08. The molecular weight excluding hydrogens is 242 g/mol. The summed E-state index contributed by atoms with van der Waals surface area (Å²) in [7, 11) is 0. The van der Waals surface area contributed by atoms with Crippen LogP contribution in [0.15, 0.2) is 0 Å². The first-order chi connectivity index (χ1) is 8.96. The Morgan fingerprint density at radius 1 is 1.53 bits per heavy atom. The van der Waals surface area contributed by atoms with Crippen LogP contribution in [0.1, 0.15) is 40.0 Å². The van der Waals surface area contributed by atoms with Gasteiger partial charge in [0.1, 0.15) is 0 Å². The lowest BCUT2D eigenvalue weighted by Crippen LogP contribution is -2.49. The van der Waals surface area contributed by atoms with Gasteiger partial charge in [0.15, 0.2) is 0 Å². The molecule has 1 fully saturated rings. The first-order valence-corrected chi connectivity index (χ1v) is 7.34. The molecule has 1 atom stereocenters. The van der Waals surface area contributed by atoms with Gasteiger partial charge in [-0.1, -0.05) is 6.92 Å². The van der Waals surface area contributed by atoms with Crippen molar-refractivity contribution in [1.82, 2.24) is 15.5 Å². The number of rotatable bonds is 8. The number of nitrogens with zero attached hydrogens (tertiary/aromatic N) is 1. The molecule has 0 bridgehead atoms. The van der Waals surface area contributed by atoms with E-state index in [2.05, 4.69) is 17.6 Å². The molecule has 0 aromatic carbocycles. The van der Waals surface area contributed by atoms with E-state index >= 15 is 0 Å². The second kappa shape index (κ2) is 7.82. The molecule has 0 spiro atoms. The third-order valence-electron chi connectivity index (χ3n) is 3.79. The number of aliphatic hydroxyl groups excluding tert-OH is 1. The SMILES string of the molecule is CCC(C)(C)NC(=O)CN(CCO)CC1CCCN1. The lowest BCUT2D eigenvalue weighted by atomic mass is 10.0. The zero-order valence-electron chi connectivity index (χ0n) is 12.5. The maximum Gasteiger partial charge on any atom is 0.234 e. The van der Waals surface area contributed by atoms with Gasteiger partial charge in [-0.05, 0) is 39.7 Å². The first-order valence-electron chi connectivity index (χ1n) is 7.34. The largest absolute Gasteiger partial charge is 0.395 e. The predicted octanol–water partition coefficient (Wildman–Crippen LogP) is 0.338. The Kier molecular flexibility index (Phi) is 6.75. The van der Waals surface area contributed by atoms with E-state index in [9.17, 15) is 4.79 Å². The second-order valence-electron chi connectivity index (χ2n) is 6.04. The molecule has 1 aliphatic heterocycles. The summed E-state index contributed by atoms with van der Waals surface area (Å²) in [6.07, 6.45) is 3.26. The minimum Gasteiger partial charge on any atom is -0.395 e. The van der Waals surface area contributed by atoms with E-state index in [-0.39, 0.29) is 18.1 Å². The lowest BCUT2D eigenvalue weighted by Gasteiger charge is -2.28. The van der Waals surface area contributed by atoms with Crippen molar-refractivity contribution in [1.29, 1.82) is 0 Å². The van der Waals surface area contributed by atoms with Gasteiger partial charge in [0, 0.05) is 24.7 Å². The molecule has 3 N–H and O–H groups in total. The summed E-state index contributed by atoms with van der Waals surface area (Å²) in [5, 5.41) is 15.6. The van der Waals surface area contributed by atoms with Crippen molar-refractivity contribution in [2.24, 2.45) is 0 Å². The van der Waals surface area contributed by atoms with Gasteiger partial charge in [0.25, 0.3) is 0 Å². The third-order valence-corrected chi connectivity index (χ3v) is 3.79. The Bertz CT molecular complexity index is 276. The molecule has 112 valence electrons. The zero-order valence-corrected chi connectivity index (χ0v) is 12.5. The molecule has 5 heteroatoms. The van der Waals surface area contributed by atoms with Crippen molar-refractivity contribution in [2.75, 3.05) is 32.8 Å². The van der Waals surface area contributed by atoms with Crippen molar-refractivity contribution in [3.63, 3.8) is 0 Å².